The molecule has 1 aromatic rings. The Kier molecular flexibility index (Phi) is 4.04. The van der Waals surface area contributed by atoms with Crippen LogP contribution in [0, 0.1) is 0 Å². The number of carboxylic acid groups (broad SMARTS) is 1. The van der Waals surface area contributed by atoms with Crippen molar-refractivity contribution in [3.05, 3.63) is 9.98 Å². The smallest absolute Gasteiger partial charge is 0.329 e. The second-order valence-electron chi connectivity index (χ2n) is 4.40. The lowest BCUT2D eigenvalue weighted by Gasteiger charge is -2.28. The van der Waals surface area contributed by atoms with Crippen molar-refractivity contribution in [1.82, 2.24) is 4.98 Å². The van der Waals surface area contributed by atoms with Crippen LogP contribution in [-0.2, 0) is 4.79 Å². The summed E-state index contributed by atoms with van der Waals surface area (Å²) in [5.41, 5.74) is -0.826. The first-order valence-corrected chi connectivity index (χ1v) is 7.42. The summed E-state index contributed by atoms with van der Waals surface area (Å²) in [6, 6.07) is 0. The lowest BCUT2D eigenvalue weighted by molar-refractivity contribution is -0.142. The average molecular weight is 319 g/mol. The molecule has 1 aliphatic carbocycles. The first-order valence-electron chi connectivity index (χ1n) is 5.75. The molecule has 1 saturated carbocycles. The first kappa shape index (κ1) is 12.8. The molecule has 1 heterocycles. The van der Waals surface area contributed by atoms with Crippen LogP contribution in [0.2, 0.25) is 0 Å². The second kappa shape index (κ2) is 5.35. The van der Waals surface area contributed by atoms with E-state index in [2.05, 4.69) is 26.2 Å². The van der Waals surface area contributed by atoms with Crippen molar-refractivity contribution in [1.29, 1.82) is 0 Å². The summed E-state index contributed by atoms with van der Waals surface area (Å²) in [4.78, 5) is 15.8. The van der Waals surface area contributed by atoms with Crippen molar-refractivity contribution in [3.63, 3.8) is 0 Å². The Bertz CT molecular complexity index is 400. The number of carboxylic acids is 1. The second-order valence-corrected chi connectivity index (χ2v) is 6.07. The summed E-state index contributed by atoms with van der Waals surface area (Å²) in [7, 11) is 0. The summed E-state index contributed by atoms with van der Waals surface area (Å²) in [6.07, 6.45) is 5.54. The zero-order chi connectivity index (χ0) is 12.3. The van der Waals surface area contributed by atoms with E-state index in [0.29, 0.717) is 18.0 Å². The Morgan fingerprint density at radius 2 is 2.06 bits per heavy atom. The standard InChI is InChI=1S/C11H15BrN2O2S/c12-8-7-17-10(13-8)14-11(9(15)16)5-3-1-2-4-6-11/h7H,1-6H2,(H,13,14)(H,15,16). The number of anilines is 1. The highest BCUT2D eigenvalue weighted by atomic mass is 79.9. The number of carbonyl (C=O) groups is 1. The molecule has 6 heteroatoms. The van der Waals surface area contributed by atoms with Crippen LogP contribution in [0.15, 0.2) is 9.98 Å². The van der Waals surface area contributed by atoms with Gasteiger partial charge in [0.05, 0.1) is 0 Å². The maximum absolute atomic E-state index is 11.5. The van der Waals surface area contributed by atoms with E-state index in [1.165, 1.54) is 11.3 Å². The minimum atomic E-state index is -0.826. The van der Waals surface area contributed by atoms with E-state index < -0.39 is 11.5 Å². The van der Waals surface area contributed by atoms with Gasteiger partial charge in [-0.2, -0.15) is 0 Å². The third-order valence-electron chi connectivity index (χ3n) is 3.19. The maximum atomic E-state index is 11.5. The zero-order valence-corrected chi connectivity index (χ0v) is 11.8. The van der Waals surface area contributed by atoms with Gasteiger partial charge in [0.25, 0.3) is 0 Å². The highest BCUT2D eigenvalue weighted by Crippen LogP contribution is 2.32. The third kappa shape index (κ3) is 2.98. The first-order chi connectivity index (χ1) is 8.12. The summed E-state index contributed by atoms with van der Waals surface area (Å²) < 4.78 is 0.749. The number of hydrogen-bond donors (Lipinski definition) is 2. The van der Waals surface area contributed by atoms with Gasteiger partial charge in [-0.15, -0.1) is 11.3 Å². The maximum Gasteiger partial charge on any atom is 0.329 e. The van der Waals surface area contributed by atoms with E-state index in [-0.39, 0.29) is 0 Å². The molecule has 0 aromatic carbocycles. The minimum absolute atomic E-state index is 0.680. The minimum Gasteiger partial charge on any atom is -0.480 e. The van der Waals surface area contributed by atoms with Crippen molar-refractivity contribution < 1.29 is 9.90 Å². The lowest BCUT2D eigenvalue weighted by atomic mass is 9.90. The van der Waals surface area contributed by atoms with Gasteiger partial charge in [0.2, 0.25) is 0 Å². The number of halogens is 1. The summed E-state index contributed by atoms with van der Waals surface area (Å²) in [5.74, 6) is -0.759. The van der Waals surface area contributed by atoms with Crippen LogP contribution in [0.5, 0.6) is 0 Å². The quantitative estimate of drug-likeness (QED) is 0.837. The largest absolute Gasteiger partial charge is 0.480 e. The van der Waals surface area contributed by atoms with Gasteiger partial charge in [0, 0.05) is 5.38 Å². The highest BCUT2D eigenvalue weighted by Gasteiger charge is 2.39. The summed E-state index contributed by atoms with van der Waals surface area (Å²) in [6.45, 7) is 0. The monoisotopic (exact) mass is 318 g/mol. The Labute approximate surface area is 113 Å². The molecule has 2 rings (SSSR count). The van der Waals surface area contributed by atoms with Crippen LogP contribution >= 0.6 is 27.3 Å². The van der Waals surface area contributed by atoms with Crippen molar-refractivity contribution in [2.75, 3.05) is 5.32 Å². The van der Waals surface area contributed by atoms with E-state index in [1.54, 1.807) is 0 Å². The van der Waals surface area contributed by atoms with Gasteiger partial charge < -0.3 is 10.4 Å². The van der Waals surface area contributed by atoms with Crippen LogP contribution in [0.25, 0.3) is 0 Å². The molecule has 0 unspecified atom stereocenters. The number of thiazole rings is 1. The predicted molar refractivity (Wildman–Crippen MR) is 71.5 cm³/mol. The molecule has 1 aliphatic rings. The van der Waals surface area contributed by atoms with E-state index >= 15 is 0 Å². The Balaban J connectivity index is 2.18. The van der Waals surface area contributed by atoms with E-state index in [0.717, 1.165) is 30.3 Å². The molecule has 0 saturated heterocycles. The molecule has 17 heavy (non-hydrogen) atoms. The third-order valence-corrected chi connectivity index (χ3v) is 4.66. The SMILES string of the molecule is O=C(O)C1(Nc2nc(Br)cs2)CCCCCC1. The number of nitrogens with one attached hydrogen (secondary N) is 1. The number of nitrogens with zero attached hydrogens (tertiary/aromatic N) is 1. The molecule has 0 atom stereocenters. The highest BCUT2D eigenvalue weighted by molar-refractivity contribution is 9.10. The van der Waals surface area contributed by atoms with Crippen molar-refractivity contribution in [2.45, 2.75) is 44.1 Å². The lowest BCUT2D eigenvalue weighted by Crippen LogP contribution is -2.45. The number of aliphatic carboxylic acids is 1. The van der Waals surface area contributed by atoms with E-state index in [1.807, 2.05) is 5.38 Å². The molecule has 0 bridgehead atoms. The molecular weight excluding hydrogens is 304 g/mol. The Morgan fingerprint density at radius 3 is 2.53 bits per heavy atom. The van der Waals surface area contributed by atoms with Crippen molar-refractivity contribution in [2.24, 2.45) is 0 Å². The zero-order valence-electron chi connectivity index (χ0n) is 9.41. The number of hydrogen-bond acceptors (Lipinski definition) is 4. The van der Waals surface area contributed by atoms with Gasteiger partial charge in [-0.25, -0.2) is 9.78 Å². The van der Waals surface area contributed by atoms with Gasteiger partial charge >= 0.3 is 5.97 Å². The molecule has 0 aliphatic heterocycles. The van der Waals surface area contributed by atoms with Crippen molar-refractivity contribution in [3.8, 4) is 0 Å². The topological polar surface area (TPSA) is 62.2 Å². The van der Waals surface area contributed by atoms with Gasteiger partial charge in [0.15, 0.2) is 5.13 Å². The molecule has 94 valence electrons. The van der Waals surface area contributed by atoms with Crippen molar-refractivity contribution >= 4 is 38.4 Å². The fourth-order valence-corrected chi connectivity index (χ4v) is 3.48. The molecule has 0 radical (unpaired) electrons. The normalized spacial score (nSPS) is 19.6. The molecule has 1 aromatic heterocycles. The Hall–Kier alpha value is -0.620. The molecular formula is C11H15BrN2O2S. The van der Waals surface area contributed by atoms with Crippen LogP contribution in [0.4, 0.5) is 5.13 Å². The fourth-order valence-electron chi connectivity index (χ4n) is 2.24. The van der Waals surface area contributed by atoms with Gasteiger partial charge in [-0.05, 0) is 28.8 Å². The predicted octanol–water partition coefficient (Wildman–Crippen LogP) is 3.50. The van der Waals surface area contributed by atoms with E-state index in [9.17, 15) is 9.90 Å². The molecule has 0 spiro atoms. The number of aromatic nitrogens is 1. The van der Waals surface area contributed by atoms with Crippen LogP contribution in [-0.4, -0.2) is 21.6 Å². The summed E-state index contributed by atoms with van der Waals surface area (Å²) >= 11 is 4.71. The molecule has 1 fully saturated rings. The van der Waals surface area contributed by atoms with Gasteiger partial charge in [-0.1, -0.05) is 25.7 Å². The summed E-state index contributed by atoms with van der Waals surface area (Å²) in [5, 5.41) is 15.2. The number of rotatable bonds is 3. The van der Waals surface area contributed by atoms with E-state index in [4.69, 9.17) is 0 Å². The van der Waals surface area contributed by atoms with Crippen LogP contribution < -0.4 is 5.32 Å². The van der Waals surface area contributed by atoms with Gasteiger partial charge in [-0.3, -0.25) is 0 Å². The van der Waals surface area contributed by atoms with Crippen LogP contribution in [0.1, 0.15) is 38.5 Å². The fraction of sp³-hybridized carbons (Fsp3) is 0.636. The molecule has 0 amide bonds. The Morgan fingerprint density at radius 1 is 1.41 bits per heavy atom. The molecule has 4 nitrogen and oxygen atoms in total. The molecule has 2 N–H and O–H groups in total. The van der Waals surface area contributed by atoms with Crippen LogP contribution in [0.3, 0.4) is 0 Å². The van der Waals surface area contributed by atoms with Gasteiger partial charge in [0.1, 0.15) is 10.1 Å². The average Bonchev–Trinajstić information content (AvgIpc) is 2.54.